The third-order valence-electron chi connectivity index (χ3n) is 4.48. The van der Waals surface area contributed by atoms with Gasteiger partial charge in [0.25, 0.3) is 5.91 Å². The van der Waals surface area contributed by atoms with E-state index in [1.54, 1.807) is 42.5 Å². The lowest BCUT2D eigenvalue weighted by Crippen LogP contribution is -2.44. The lowest BCUT2D eigenvalue weighted by atomic mass is 9.85. The predicted octanol–water partition coefficient (Wildman–Crippen LogP) is 3.10. The summed E-state index contributed by atoms with van der Waals surface area (Å²) in [5.41, 5.74) is 0.775. The number of hydrogen-bond acceptors (Lipinski definition) is 3. The Labute approximate surface area is 155 Å². The number of amides is 4. The van der Waals surface area contributed by atoms with Crippen LogP contribution in [0.4, 0.5) is 10.5 Å². The maximum Gasteiger partial charge on any atom is 0.322 e. The molecule has 4 amide bonds. The van der Waals surface area contributed by atoms with Crippen LogP contribution >= 0.6 is 11.6 Å². The molecular weight excluding hydrogens is 354 g/mol. The highest BCUT2D eigenvalue weighted by Crippen LogP contribution is 2.30. The summed E-state index contributed by atoms with van der Waals surface area (Å²) in [5, 5.41) is 8.29. The minimum Gasteiger partial charge on any atom is -0.326 e. The zero-order valence-corrected chi connectivity index (χ0v) is 14.9. The maximum absolute atomic E-state index is 12.4. The quantitative estimate of drug-likeness (QED) is 0.706. The Kier molecular flexibility index (Phi) is 4.95. The van der Waals surface area contributed by atoms with Crippen molar-refractivity contribution in [1.82, 2.24) is 10.6 Å². The summed E-state index contributed by atoms with van der Waals surface area (Å²) in [5.74, 6) is -0.722. The van der Waals surface area contributed by atoms with Gasteiger partial charge in [0.1, 0.15) is 5.54 Å². The van der Waals surface area contributed by atoms with E-state index in [1.165, 1.54) is 0 Å². The van der Waals surface area contributed by atoms with Gasteiger partial charge in [-0.15, -0.1) is 0 Å². The molecule has 3 rings (SSSR count). The first kappa shape index (κ1) is 17.9. The lowest BCUT2D eigenvalue weighted by molar-refractivity contribution is -0.125. The van der Waals surface area contributed by atoms with Gasteiger partial charge in [-0.05, 0) is 36.6 Å². The number of hydrogen-bond donors (Lipinski definition) is 3. The number of carbonyl (C=O) groups is 3. The van der Waals surface area contributed by atoms with Gasteiger partial charge >= 0.3 is 6.03 Å². The molecule has 0 aliphatic carbocycles. The summed E-state index contributed by atoms with van der Waals surface area (Å²) in [6.07, 6.45) is 0.189. The Morgan fingerprint density at radius 2 is 1.85 bits per heavy atom. The SMILES string of the molecule is Cc1c(Cl)cccc1NC(=O)CCC1(c2ccccc2)NC(=O)NC1=O. The zero-order chi connectivity index (χ0) is 18.7. The Morgan fingerprint density at radius 3 is 2.50 bits per heavy atom. The molecule has 0 bridgehead atoms. The van der Waals surface area contributed by atoms with Gasteiger partial charge in [0, 0.05) is 17.1 Å². The summed E-state index contributed by atoms with van der Waals surface area (Å²) in [4.78, 5) is 36.5. The maximum atomic E-state index is 12.4. The molecule has 0 radical (unpaired) electrons. The standard InChI is InChI=1S/C19H18ClN3O3/c1-12-14(20)8-5-9-15(12)21-16(24)10-11-19(13-6-3-2-4-7-13)17(25)22-18(26)23-19/h2-9H,10-11H2,1H3,(H,21,24)(H2,22,23,25,26). The van der Waals surface area contributed by atoms with Crippen molar-refractivity contribution in [2.75, 3.05) is 5.32 Å². The molecule has 3 N–H and O–H groups in total. The van der Waals surface area contributed by atoms with Crippen LogP contribution < -0.4 is 16.0 Å². The van der Waals surface area contributed by atoms with Gasteiger partial charge in [0.15, 0.2) is 0 Å². The third kappa shape index (κ3) is 3.41. The van der Waals surface area contributed by atoms with Crippen LogP contribution in [0.5, 0.6) is 0 Å². The van der Waals surface area contributed by atoms with Gasteiger partial charge in [0.2, 0.25) is 5.91 Å². The van der Waals surface area contributed by atoms with Crippen molar-refractivity contribution in [2.45, 2.75) is 25.3 Å². The number of rotatable bonds is 5. The Morgan fingerprint density at radius 1 is 1.12 bits per heavy atom. The first-order valence-electron chi connectivity index (χ1n) is 8.16. The summed E-state index contributed by atoms with van der Waals surface area (Å²) in [6, 6.07) is 13.6. The molecule has 1 saturated heterocycles. The fourth-order valence-electron chi connectivity index (χ4n) is 2.99. The fourth-order valence-corrected chi connectivity index (χ4v) is 3.17. The van der Waals surface area contributed by atoms with Crippen LogP contribution in [0, 0.1) is 6.92 Å². The summed E-state index contributed by atoms with van der Waals surface area (Å²) in [7, 11) is 0. The van der Waals surface area contributed by atoms with Crippen molar-refractivity contribution in [3.63, 3.8) is 0 Å². The molecule has 1 fully saturated rings. The molecule has 7 heteroatoms. The van der Waals surface area contributed by atoms with E-state index < -0.39 is 17.5 Å². The van der Waals surface area contributed by atoms with Gasteiger partial charge in [0.05, 0.1) is 0 Å². The van der Waals surface area contributed by atoms with Crippen molar-refractivity contribution in [3.05, 3.63) is 64.7 Å². The van der Waals surface area contributed by atoms with Crippen molar-refractivity contribution < 1.29 is 14.4 Å². The Balaban J connectivity index is 1.77. The van der Waals surface area contributed by atoms with E-state index in [2.05, 4.69) is 16.0 Å². The largest absolute Gasteiger partial charge is 0.326 e. The summed E-state index contributed by atoms with van der Waals surface area (Å²) >= 11 is 6.06. The van der Waals surface area contributed by atoms with Crippen LogP contribution in [-0.2, 0) is 15.1 Å². The highest BCUT2D eigenvalue weighted by molar-refractivity contribution is 6.31. The van der Waals surface area contributed by atoms with Crippen LogP contribution in [0.2, 0.25) is 5.02 Å². The topological polar surface area (TPSA) is 87.3 Å². The van der Waals surface area contributed by atoms with Crippen molar-refractivity contribution in [3.8, 4) is 0 Å². The molecule has 2 aromatic rings. The number of benzene rings is 2. The smallest absolute Gasteiger partial charge is 0.322 e. The van der Waals surface area contributed by atoms with E-state index in [1.807, 2.05) is 13.0 Å². The normalized spacial score (nSPS) is 19.0. The second-order valence-corrected chi connectivity index (χ2v) is 6.55. The number of anilines is 1. The number of imide groups is 1. The average molecular weight is 372 g/mol. The van der Waals surface area contributed by atoms with Gasteiger partial charge in [-0.25, -0.2) is 4.79 Å². The van der Waals surface area contributed by atoms with Crippen LogP contribution in [0.3, 0.4) is 0 Å². The molecule has 26 heavy (non-hydrogen) atoms. The number of nitrogens with one attached hydrogen (secondary N) is 3. The third-order valence-corrected chi connectivity index (χ3v) is 4.89. The zero-order valence-electron chi connectivity index (χ0n) is 14.1. The first-order valence-corrected chi connectivity index (χ1v) is 8.54. The molecule has 0 aromatic heterocycles. The molecule has 0 saturated carbocycles. The highest BCUT2D eigenvalue weighted by Gasteiger charge is 2.47. The second kappa shape index (κ2) is 7.17. The minimum absolute atomic E-state index is 0.0501. The first-order chi connectivity index (χ1) is 12.4. The second-order valence-electron chi connectivity index (χ2n) is 6.14. The Hall–Kier alpha value is -2.86. The van der Waals surface area contributed by atoms with Crippen molar-refractivity contribution in [2.24, 2.45) is 0 Å². The van der Waals surface area contributed by atoms with Gasteiger partial charge in [-0.3, -0.25) is 14.9 Å². The van der Waals surface area contributed by atoms with E-state index >= 15 is 0 Å². The van der Waals surface area contributed by atoms with Crippen molar-refractivity contribution >= 4 is 35.1 Å². The van der Waals surface area contributed by atoms with Crippen LogP contribution in [0.25, 0.3) is 0 Å². The molecule has 134 valence electrons. The van der Waals surface area contributed by atoms with Crippen LogP contribution in [-0.4, -0.2) is 17.8 Å². The van der Waals surface area contributed by atoms with Crippen molar-refractivity contribution in [1.29, 1.82) is 0 Å². The predicted molar refractivity (Wildman–Crippen MR) is 98.8 cm³/mol. The molecular formula is C19H18ClN3O3. The molecule has 1 atom stereocenters. The van der Waals surface area contributed by atoms with E-state index in [9.17, 15) is 14.4 Å². The summed E-state index contributed by atoms with van der Waals surface area (Å²) < 4.78 is 0. The number of urea groups is 1. The average Bonchev–Trinajstić information content (AvgIpc) is 2.92. The van der Waals surface area contributed by atoms with E-state index in [-0.39, 0.29) is 18.7 Å². The molecule has 1 aliphatic rings. The lowest BCUT2D eigenvalue weighted by Gasteiger charge is -2.26. The molecule has 1 heterocycles. The van der Waals surface area contributed by atoms with Crippen LogP contribution in [0.1, 0.15) is 24.0 Å². The molecule has 1 unspecified atom stereocenters. The highest BCUT2D eigenvalue weighted by atomic mass is 35.5. The molecule has 0 spiro atoms. The van der Waals surface area contributed by atoms with E-state index in [0.29, 0.717) is 16.3 Å². The summed E-state index contributed by atoms with van der Waals surface area (Å²) in [6.45, 7) is 1.81. The molecule has 2 aromatic carbocycles. The minimum atomic E-state index is -1.25. The molecule has 6 nitrogen and oxygen atoms in total. The number of halogens is 1. The number of carbonyl (C=O) groups excluding carboxylic acids is 3. The van der Waals surface area contributed by atoms with Gasteiger partial charge in [-0.1, -0.05) is 48.0 Å². The van der Waals surface area contributed by atoms with E-state index in [4.69, 9.17) is 11.6 Å². The van der Waals surface area contributed by atoms with Crippen LogP contribution in [0.15, 0.2) is 48.5 Å². The van der Waals surface area contributed by atoms with E-state index in [0.717, 1.165) is 5.56 Å². The molecule has 1 aliphatic heterocycles. The van der Waals surface area contributed by atoms with Gasteiger partial charge in [-0.2, -0.15) is 0 Å². The van der Waals surface area contributed by atoms with Gasteiger partial charge < -0.3 is 10.6 Å². The monoisotopic (exact) mass is 371 g/mol. The fraction of sp³-hybridized carbons (Fsp3) is 0.211. The Bertz CT molecular complexity index is 870.